The molecule has 0 spiro atoms. The molecule has 4 heteroatoms. The number of esters is 2. The van der Waals surface area contributed by atoms with Gasteiger partial charge in [-0.25, -0.2) is 9.59 Å². The highest BCUT2D eigenvalue weighted by molar-refractivity contribution is 5.81. The second-order valence-corrected chi connectivity index (χ2v) is 3.25. The van der Waals surface area contributed by atoms with Gasteiger partial charge in [-0.05, 0) is 12.5 Å². The highest BCUT2D eigenvalue weighted by atomic mass is 16.5. The Labute approximate surface area is 113 Å². The number of ether oxygens (including phenoxy) is 2. The lowest BCUT2D eigenvalue weighted by Crippen LogP contribution is -1.99. The molecule has 0 aliphatic rings. The number of carbonyl (C=O) groups is 2. The van der Waals surface area contributed by atoms with Crippen molar-refractivity contribution in [3.05, 3.63) is 61.2 Å². The average molecular weight is 262 g/mol. The molecule has 0 saturated heterocycles. The second kappa shape index (κ2) is 10.8. The maximum absolute atomic E-state index is 10.6. The van der Waals surface area contributed by atoms with E-state index in [0.29, 0.717) is 13.2 Å². The predicted molar refractivity (Wildman–Crippen MR) is 73.3 cm³/mol. The summed E-state index contributed by atoms with van der Waals surface area (Å²) in [6.45, 7) is 8.99. The van der Waals surface area contributed by atoms with E-state index in [1.54, 1.807) is 6.92 Å². The van der Waals surface area contributed by atoms with Crippen LogP contribution in [0.25, 0.3) is 0 Å². The van der Waals surface area contributed by atoms with Crippen molar-refractivity contribution in [3.63, 3.8) is 0 Å². The first-order chi connectivity index (χ1) is 9.13. The van der Waals surface area contributed by atoms with E-state index in [2.05, 4.69) is 17.9 Å². The van der Waals surface area contributed by atoms with Gasteiger partial charge in [0.25, 0.3) is 0 Å². The highest BCUT2D eigenvalue weighted by Gasteiger charge is 1.95. The standard InChI is InChI=1S/C10H10O2.C5H8O2/c1-2-10(11)12-8-9-6-4-3-5-7-9;1-3-5(6)7-4-2/h2-7H,1,8H2;3H,1,4H2,2H3. The lowest BCUT2D eigenvalue weighted by molar-refractivity contribution is -0.139. The van der Waals surface area contributed by atoms with Gasteiger partial charge in [0.1, 0.15) is 6.61 Å². The van der Waals surface area contributed by atoms with Crippen LogP contribution in [0, 0.1) is 0 Å². The molecule has 0 saturated carbocycles. The van der Waals surface area contributed by atoms with Crippen LogP contribution in [-0.2, 0) is 25.7 Å². The predicted octanol–water partition coefficient (Wildman–Crippen LogP) is 2.65. The summed E-state index contributed by atoms with van der Waals surface area (Å²) < 4.78 is 9.25. The van der Waals surface area contributed by atoms with Crippen molar-refractivity contribution in [3.8, 4) is 0 Å². The zero-order valence-electron chi connectivity index (χ0n) is 11.0. The molecule has 4 nitrogen and oxygen atoms in total. The maximum Gasteiger partial charge on any atom is 0.330 e. The normalized spacial score (nSPS) is 8.47. The summed E-state index contributed by atoms with van der Waals surface area (Å²) in [6.07, 6.45) is 2.30. The Balaban J connectivity index is 0.000000399. The van der Waals surface area contributed by atoms with Crippen molar-refractivity contribution < 1.29 is 19.1 Å². The van der Waals surface area contributed by atoms with Gasteiger partial charge in [0.15, 0.2) is 0 Å². The Kier molecular flexibility index (Phi) is 9.43. The van der Waals surface area contributed by atoms with Gasteiger partial charge in [-0.1, -0.05) is 43.5 Å². The number of hydrogen-bond donors (Lipinski definition) is 0. The van der Waals surface area contributed by atoms with Crippen LogP contribution in [-0.4, -0.2) is 18.5 Å². The SMILES string of the molecule is C=CC(=O)OCC.C=CC(=O)OCc1ccccc1. The first-order valence-electron chi connectivity index (χ1n) is 5.76. The van der Waals surface area contributed by atoms with Crippen molar-refractivity contribution in [2.24, 2.45) is 0 Å². The molecule has 19 heavy (non-hydrogen) atoms. The van der Waals surface area contributed by atoms with Crippen LogP contribution in [0.3, 0.4) is 0 Å². The van der Waals surface area contributed by atoms with Crippen molar-refractivity contribution in [2.75, 3.05) is 6.61 Å². The smallest absolute Gasteiger partial charge is 0.330 e. The van der Waals surface area contributed by atoms with Crippen LogP contribution in [0.4, 0.5) is 0 Å². The van der Waals surface area contributed by atoms with Crippen molar-refractivity contribution >= 4 is 11.9 Å². The van der Waals surface area contributed by atoms with Gasteiger partial charge in [0.05, 0.1) is 6.61 Å². The molecule has 0 unspecified atom stereocenters. The van der Waals surface area contributed by atoms with E-state index in [9.17, 15) is 9.59 Å². The molecule has 0 aliphatic heterocycles. The Bertz CT molecular complexity index is 409. The summed E-state index contributed by atoms with van der Waals surface area (Å²) >= 11 is 0. The molecular formula is C15H18O4. The van der Waals surface area contributed by atoms with E-state index in [-0.39, 0.29) is 11.9 Å². The first kappa shape index (κ1) is 16.6. The van der Waals surface area contributed by atoms with Crippen LogP contribution in [0.2, 0.25) is 0 Å². The molecule has 0 aromatic heterocycles. The molecule has 0 bridgehead atoms. The largest absolute Gasteiger partial charge is 0.463 e. The van der Waals surface area contributed by atoms with Crippen molar-refractivity contribution in [1.29, 1.82) is 0 Å². The molecule has 0 atom stereocenters. The van der Waals surface area contributed by atoms with Crippen LogP contribution in [0.15, 0.2) is 55.6 Å². The fourth-order valence-corrected chi connectivity index (χ4v) is 0.989. The topological polar surface area (TPSA) is 52.6 Å². The average Bonchev–Trinajstić information content (AvgIpc) is 2.46. The molecule has 1 aromatic carbocycles. The third-order valence-electron chi connectivity index (χ3n) is 1.84. The fourth-order valence-electron chi connectivity index (χ4n) is 0.989. The van der Waals surface area contributed by atoms with Gasteiger partial charge in [0, 0.05) is 12.2 Å². The lowest BCUT2D eigenvalue weighted by Gasteiger charge is -2.00. The Morgan fingerprint density at radius 1 is 1.05 bits per heavy atom. The van der Waals surface area contributed by atoms with Crippen molar-refractivity contribution in [2.45, 2.75) is 13.5 Å². The molecule has 0 amide bonds. The number of carbonyl (C=O) groups excluding carboxylic acids is 2. The summed E-state index contributed by atoms with van der Waals surface area (Å²) in [5.74, 6) is -0.749. The molecule has 0 radical (unpaired) electrons. The summed E-state index contributed by atoms with van der Waals surface area (Å²) in [5.41, 5.74) is 0.979. The van der Waals surface area contributed by atoms with Gasteiger partial charge in [-0.2, -0.15) is 0 Å². The van der Waals surface area contributed by atoms with Gasteiger partial charge in [-0.3, -0.25) is 0 Å². The summed E-state index contributed by atoms with van der Waals surface area (Å²) in [6, 6.07) is 9.51. The quantitative estimate of drug-likeness (QED) is 0.604. The molecule has 0 N–H and O–H groups in total. The first-order valence-corrected chi connectivity index (χ1v) is 5.76. The summed E-state index contributed by atoms with van der Waals surface area (Å²) in [5, 5.41) is 0. The molecule has 1 rings (SSSR count). The van der Waals surface area contributed by atoms with Crippen LogP contribution in [0.5, 0.6) is 0 Å². The zero-order chi connectivity index (χ0) is 14.5. The molecule has 1 aromatic rings. The summed E-state index contributed by atoms with van der Waals surface area (Å²) in [7, 11) is 0. The van der Waals surface area contributed by atoms with E-state index in [0.717, 1.165) is 17.7 Å². The number of hydrogen-bond acceptors (Lipinski definition) is 4. The Morgan fingerprint density at radius 2 is 1.58 bits per heavy atom. The minimum Gasteiger partial charge on any atom is -0.463 e. The van der Waals surface area contributed by atoms with Crippen molar-refractivity contribution in [1.82, 2.24) is 0 Å². The molecule has 102 valence electrons. The van der Waals surface area contributed by atoms with Crippen LogP contribution >= 0.6 is 0 Å². The van der Waals surface area contributed by atoms with E-state index >= 15 is 0 Å². The van der Waals surface area contributed by atoms with E-state index < -0.39 is 0 Å². The molecular weight excluding hydrogens is 244 g/mol. The maximum atomic E-state index is 10.6. The Morgan fingerprint density at radius 3 is 2.00 bits per heavy atom. The van der Waals surface area contributed by atoms with Gasteiger partial charge < -0.3 is 9.47 Å². The summed E-state index contributed by atoms with van der Waals surface area (Å²) in [4.78, 5) is 20.7. The van der Waals surface area contributed by atoms with Gasteiger partial charge >= 0.3 is 11.9 Å². The highest BCUT2D eigenvalue weighted by Crippen LogP contribution is 2.00. The molecule has 0 heterocycles. The third kappa shape index (κ3) is 9.35. The Hall–Kier alpha value is -2.36. The van der Waals surface area contributed by atoms with Gasteiger partial charge in [0.2, 0.25) is 0 Å². The zero-order valence-corrected chi connectivity index (χ0v) is 11.0. The van der Waals surface area contributed by atoms with Crippen LogP contribution in [0.1, 0.15) is 12.5 Å². The molecule has 0 aliphatic carbocycles. The van der Waals surface area contributed by atoms with E-state index in [1.807, 2.05) is 30.3 Å². The third-order valence-corrected chi connectivity index (χ3v) is 1.84. The lowest BCUT2D eigenvalue weighted by atomic mass is 10.2. The minimum atomic E-state index is -0.390. The minimum absolute atomic E-state index is 0.311. The van der Waals surface area contributed by atoms with E-state index in [4.69, 9.17) is 4.74 Å². The monoisotopic (exact) mass is 262 g/mol. The second-order valence-electron chi connectivity index (χ2n) is 3.25. The number of rotatable bonds is 5. The van der Waals surface area contributed by atoms with E-state index in [1.165, 1.54) is 0 Å². The van der Waals surface area contributed by atoms with Crippen LogP contribution < -0.4 is 0 Å². The number of benzene rings is 1. The molecule has 0 fully saturated rings. The van der Waals surface area contributed by atoms with Gasteiger partial charge in [-0.15, -0.1) is 0 Å². The fraction of sp³-hybridized carbons (Fsp3) is 0.200.